The molecule has 2 heterocycles. The third-order valence-corrected chi connectivity index (χ3v) is 6.18. The number of aromatic amines is 1. The zero-order valence-electron chi connectivity index (χ0n) is 9.88. The average molecular weight is 350 g/mol. The van der Waals surface area contributed by atoms with E-state index in [0.29, 0.717) is 0 Å². The molecular formula is C9H10FN5O4Se. The average Bonchev–Trinajstić information content (AvgIpc) is 2.72. The molecule has 0 aliphatic carbocycles. The quantitative estimate of drug-likeness (QED) is 0.270. The van der Waals surface area contributed by atoms with Crippen LogP contribution in [0.4, 0.5) is 4.39 Å². The Labute approximate surface area is 116 Å². The summed E-state index contributed by atoms with van der Waals surface area (Å²) in [6, 6.07) is -1.000. The van der Waals surface area contributed by atoms with Gasteiger partial charge in [-0.25, -0.2) is 0 Å². The maximum atomic E-state index is 13.3. The number of nitrogens with zero attached hydrogens (tertiary/aromatic N) is 4. The Kier molecular flexibility index (Phi) is 4.26. The van der Waals surface area contributed by atoms with Gasteiger partial charge in [-0.15, -0.1) is 0 Å². The van der Waals surface area contributed by atoms with E-state index in [1.807, 2.05) is 0 Å². The predicted octanol–water partition coefficient (Wildman–Crippen LogP) is -1.29. The van der Waals surface area contributed by atoms with Crippen LogP contribution < -0.4 is 11.2 Å². The molecule has 108 valence electrons. The first-order valence-corrected chi connectivity index (χ1v) is 7.47. The number of azide groups is 1. The van der Waals surface area contributed by atoms with Crippen molar-refractivity contribution in [1.29, 1.82) is 0 Å². The summed E-state index contributed by atoms with van der Waals surface area (Å²) in [4.78, 5) is 25.8. The summed E-state index contributed by atoms with van der Waals surface area (Å²) in [5.74, 6) is -1.15. The molecule has 2 unspecified atom stereocenters. The molecule has 1 aliphatic heterocycles. The van der Waals surface area contributed by atoms with Crippen molar-refractivity contribution in [3.63, 3.8) is 0 Å². The van der Waals surface area contributed by atoms with Crippen molar-refractivity contribution in [2.75, 3.05) is 6.61 Å². The second-order valence-electron chi connectivity index (χ2n) is 4.08. The van der Waals surface area contributed by atoms with E-state index in [1.165, 1.54) is 0 Å². The van der Waals surface area contributed by atoms with Gasteiger partial charge in [-0.3, -0.25) is 0 Å². The van der Waals surface area contributed by atoms with Gasteiger partial charge in [0.25, 0.3) is 0 Å². The summed E-state index contributed by atoms with van der Waals surface area (Å²) < 4.78 is 14.2. The third-order valence-electron chi connectivity index (χ3n) is 2.90. The maximum absolute atomic E-state index is 13.3. The molecule has 1 aromatic heterocycles. The Bertz CT molecular complexity index is 669. The van der Waals surface area contributed by atoms with Crippen LogP contribution in [0.3, 0.4) is 0 Å². The Balaban J connectivity index is 2.50. The number of aromatic nitrogens is 2. The van der Waals surface area contributed by atoms with Crippen molar-refractivity contribution >= 4 is 15.0 Å². The Morgan fingerprint density at radius 3 is 2.90 bits per heavy atom. The first kappa shape index (κ1) is 14.8. The minimum atomic E-state index is -1.15. The van der Waals surface area contributed by atoms with Crippen LogP contribution in [0.5, 0.6) is 0 Å². The SMILES string of the molecule is [N-]=[N+]=NC1C(n2cc(F)c(=O)[nH]c2=O)[Se][C@H](CO)[C@H]1O. The van der Waals surface area contributed by atoms with Crippen LogP contribution in [0.1, 0.15) is 4.94 Å². The van der Waals surface area contributed by atoms with Crippen LogP contribution in [0.2, 0.25) is 4.82 Å². The summed E-state index contributed by atoms with van der Waals surface area (Å²) in [6.45, 7) is -0.338. The first-order chi connectivity index (χ1) is 9.49. The monoisotopic (exact) mass is 351 g/mol. The normalized spacial score (nSPS) is 29.1. The summed E-state index contributed by atoms with van der Waals surface area (Å²) >= 11 is -0.512. The topological polar surface area (TPSA) is 144 Å². The Morgan fingerprint density at radius 1 is 1.60 bits per heavy atom. The zero-order valence-corrected chi connectivity index (χ0v) is 11.6. The van der Waals surface area contributed by atoms with Gasteiger partial charge in [-0.2, -0.15) is 0 Å². The van der Waals surface area contributed by atoms with Crippen molar-refractivity contribution in [2.45, 2.75) is 21.9 Å². The van der Waals surface area contributed by atoms with Gasteiger partial charge in [-0.1, -0.05) is 0 Å². The van der Waals surface area contributed by atoms with E-state index in [0.717, 1.165) is 10.8 Å². The third kappa shape index (κ3) is 2.49. The van der Waals surface area contributed by atoms with Crippen molar-refractivity contribution in [2.24, 2.45) is 5.11 Å². The molecule has 1 fully saturated rings. The molecule has 0 spiro atoms. The molecule has 4 atom stereocenters. The van der Waals surface area contributed by atoms with Gasteiger partial charge in [0, 0.05) is 0 Å². The number of aliphatic hydroxyl groups is 2. The molecule has 1 aromatic rings. The van der Waals surface area contributed by atoms with E-state index in [2.05, 4.69) is 10.0 Å². The molecule has 2 rings (SSSR count). The number of hydrogen-bond donors (Lipinski definition) is 3. The summed E-state index contributed by atoms with van der Waals surface area (Å²) in [6.07, 6.45) is -0.400. The Morgan fingerprint density at radius 2 is 2.30 bits per heavy atom. The molecule has 0 amide bonds. The number of hydrogen-bond acceptors (Lipinski definition) is 5. The molecule has 0 saturated carbocycles. The zero-order chi connectivity index (χ0) is 14.9. The van der Waals surface area contributed by atoms with E-state index >= 15 is 0 Å². The van der Waals surface area contributed by atoms with Gasteiger partial charge >= 0.3 is 116 Å². The van der Waals surface area contributed by atoms with Crippen LogP contribution >= 0.6 is 0 Å². The van der Waals surface area contributed by atoms with Gasteiger partial charge in [0.2, 0.25) is 0 Å². The molecule has 0 aromatic carbocycles. The first-order valence-electron chi connectivity index (χ1n) is 5.49. The molecule has 9 nitrogen and oxygen atoms in total. The fourth-order valence-corrected chi connectivity index (χ4v) is 4.95. The molecule has 3 N–H and O–H groups in total. The molecule has 1 saturated heterocycles. The van der Waals surface area contributed by atoms with E-state index in [-0.39, 0.29) is 6.61 Å². The Hall–Kier alpha value is -1.64. The van der Waals surface area contributed by atoms with Crippen molar-refractivity contribution in [1.82, 2.24) is 9.55 Å². The van der Waals surface area contributed by atoms with Crippen molar-refractivity contribution in [3.05, 3.63) is 43.3 Å². The summed E-state index contributed by atoms with van der Waals surface area (Å²) in [7, 11) is 0. The van der Waals surface area contributed by atoms with Crippen LogP contribution in [0.15, 0.2) is 20.9 Å². The van der Waals surface area contributed by atoms with Crippen molar-refractivity contribution < 1.29 is 14.6 Å². The molecule has 0 radical (unpaired) electrons. The van der Waals surface area contributed by atoms with Gasteiger partial charge in [0.1, 0.15) is 0 Å². The number of halogens is 1. The second-order valence-corrected chi connectivity index (χ2v) is 6.93. The van der Waals surface area contributed by atoms with E-state index in [9.17, 15) is 19.1 Å². The number of nitrogens with one attached hydrogen (secondary N) is 1. The summed E-state index contributed by atoms with van der Waals surface area (Å²) in [5.41, 5.74) is 6.51. The van der Waals surface area contributed by atoms with E-state index < -0.39 is 53.9 Å². The number of aliphatic hydroxyl groups excluding tert-OH is 2. The van der Waals surface area contributed by atoms with Crippen molar-refractivity contribution in [3.8, 4) is 0 Å². The van der Waals surface area contributed by atoms with Crippen LogP contribution in [0, 0.1) is 5.82 Å². The number of rotatable bonds is 3. The molecule has 20 heavy (non-hydrogen) atoms. The predicted molar refractivity (Wildman–Crippen MR) is 65.8 cm³/mol. The molecule has 0 bridgehead atoms. The fourth-order valence-electron chi connectivity index (χ4n) is 1.94. The molecule has 11 heteroatoms. The van der Waals surface area contributed by atoms with Crippen LogP contribution in [-0.4, -0.2) is 53.5 Å². The van der Waals surface area contributed by atoms with Crippen LogP contribution in [0.25, 0.3) is 10.4 Å². The number of H-pyrrole nitrogens is 1. The fraction of sp³-hybridized carbons (Fsp3) is 0.556. The summed E-state index contributed by atoms with van der Waals surface area (Å²) in [5, 5.41) is 22.5. The molecular weight excluding hydrogens is 340 g/mol. The van der Waals surface area contributed by atoms with Gasteiger partial charge in [0.05, 0.1) is 0 Å². The standard InChI is InChI=1S/C9H10FN5O4Se/c10-3-1-15(9(19)12-7(3)18)8-5(13-14-11)6(17)4(2-16)20-8/h1,4-6,8,16-17H,2H2,(H,12,18,19)/t4-,5?,6-,8?/m1/s1. The van der Waals surface area contributed by atoms with E-state index in [4.69, 9.17) is 10.6 Å². The molecule has 1 aliphatic rings. The van der Waals surface area contributed by atoms with Gasteiger partial charge in [-0.05, 0) is 0 Å². The van der Waals surface area contributed by atoms with E-state index in [1.54, 1.807) is 4.98 Å². The van der Waals surface area contributed by atoms with Gasteiger partial charge in [0.15, 0.2) is 0 Å². The second kappa shape index (κ2) is 5.78. The van der Waals surface area contributed by atoms with Gasteiger partial charge < -0.3 is 0 Å². The minimum absolute atomic E-state index is 0.338. The van der Waals surface area contributed by atoms with Crippen LogP contribution in [-0.2, 0) is 0 Å².